The van der Waals surface area contributed by atoms with E-state index in [0.717, 1.165) is 21.9 Å². The Morgan fingerprint density at radius 3 is 2.50 bits per heavy atom. The van der Waals surface area contributed by atoms with Crippen LogP contribution in [0.15, 0.2) is 36.4 Å². The molecule has 0 spiro atoms. The van der Waals surface area contributed by atoms with E-state index >= 15 is 0 Å². The predicted octanol–water partition coefficient (Wildman–Crippen LogP) is 4.15. The maximum atomic E-state index is 11.1. The highest BCUT2D eigenvalue weighted by atomic mass is 35.5. The molecule has 0 bridgehead atoms. The van der Waals surface area contributed by atoms with Crippen LogP contribution in [-0.2, 0) is 0 Å². The Kier molecular flexibility index (Phi) is 5.28. The van der Waals surface area contributed by atoms with Gasteiger partial charge in [-0.2, -0.15) is 0 Å². The second kappa shape index (κ2) is 7.18. The number of halogens is 1. The SMILES string of the molecule is Cc1cc(OCCNc2ccccc2C(=O)O)cc(C)c1Cl. The molecule has 4 nitrogen and oxygen atoms in total. The molecule has 116 valence electrons. The lowest BCUT2D eigenvalue weighted by Crippen LogP contribution is -2.14. The minimum atomic E-state index is -0.951. The number of para-hydroxylation sites is 1. The van der Waals surface area contributed by atoms with E-state index in [0.29, 0.717) is 18.8 Å². The third-order valence-corrected chi connectivity index (χ3v) is 3.85. The number of anilines is 1. The quantitative estimate of drug-likeness (QED) is 0.785. The summed E-state index contributed by atoms with van der Waals surface area (Å²) in [7, 11) is 0. The monoisotopic (exact) mass is 319 g/mol. The summed E-state index contributed by atoms with van der Waals surface area (Å²) in [6, 6.07) is 10.6. The van der Waals surface area contributed by atoms with Gasteiger partial charge in [0.2, 0.25) is 0 Å². The van der Waals surface area contributed by atoms with Crippen LogP contribution in [0, 0.1) is 13.8 Å². The Morgan fingerprint density at radius 2 is 1.86 bits per heavy atom. The van der Waals surface area contributed by atoms with Crippen LogP contribution in [0.25, 0.3) is 0 Å². The predicted molar refractivity (Wildman–Crippen MR) is 88.3 cm³/mol. The maximum Gasteiger partial charge on any atom is 0.337 e. The van der Waals surface area contributed by atoms with Crippen LogP contribution in [0.4, 0.5) is 5.69 Å². The van der Waals surface area contributed by atoms with E-state index in [1.54, 1.807) is 24.3 Å². The fourth-order valence-corrected chi connectivity index (χ4v) is 2.28. The van der Waals surface area contributed by atoms with Crippen molar-refractivity contribution in [2.75, 3.05) is 18.5 Å². The van der Waals surface area contributed by atoms with Gasteiger partial charge in [0.1, 0.15) is 12.4 Å². The highest BCUT2D eigenvalue weighted by Gasteiger charge is 2.08. The van der Waals surface area contributed by atoms with Gasteiger partial charge in [-0.25, -0.2) is 4.79 Å². The largest absolute Gasteiger partial charge is 0.492 e. The summed E-state index contributed by atoms with van der Waals surface area (Å²) in [5.41, 5.74) is 2.78. The van der Waals surface area contributed by atoms with Crippen LogP contribution in [0.1, 0.15) is 21.5 Å². The number of nitrogens with one attached hydrogen (secondary N) is 1. The number of rotatable bonds is 6. The van der Waals surface area contributed by atoms with Crippen molar-refractivity contribution in [2.24, 2.45) is 0 Å². The summed E-state index contributed by atoms with van der Waals surface area (Å²) in [5.74, 6) is -0.194. The van der Waals surface area contributed by atoms with Crippen LogP contribution in [0.5, 0.6) is 5.75 Å². The van der Waals surface area contributed by atoms with Crippen molar-refractivity contribution in [1.29, 1.82) is 0 Å². The number of ether oxygens (including phenoxy) is 1. The first-order valence-electron chi connectivity index (χ1n) is 6.95. The van der Waals surface area contributed by atoms with Crippen molar-refractivity contribution in [3.05, 3.63) is 58.1 Å². The van der Waals surface area contributed by atoms with E-state index < -0.39 is 5.97 Å². The molecule has 0 aromatic heterocycles. The second-order valence-electron chi connectivity index (χ2n) is 5.00. The van der Waals surface area contributed by atoms with Gasteiger partial charge < -0.3 is 15.2 Å². The van der Waals surface area contributed by atoms with Crippen molar-refractivity contribution >= 4 is 23.3 Å². The van der Waals surface area contributed by atoms with Gasteiger partial charge in [-0.15, -0.1) is 0 Å². The summed E-state index contributed by atoms with van der Waals surface area (Å²) in [6.07, 6.45) is 0. The van der Waals surface area contributed by atoms with Crippen molar-refractivity contribution in [1.82, 2.24) is 0 Å². The highest BCUT2D eigenvalue weighted by Crippen LogP contribution is 2.25. The molecule has 2 rings (SSSR count). The third kappa shape index (κ3) is 3.92. The van der Waals surface area contributed by atoms with Gasteiger partial charge in [0, 0.05) is 17.3 Å². The van der Waals surface area contributed by atoms with E-state index in [-0.39, 0.29) is 5.56 Å². The van der Waals surface area contributed by atoms with Crippen molar-refractivity contribution in [2.45, 2.75) is 13.8 Å². The van der Waals surface area contributed by atoms with Crippen LogP contribution < -0.4 is 10.1 Å². The Morgan fingerprint density at radius 1 is 1.23 bits per heavy atom. The van der Waals surface area contributed by atoms with Gasteiger partial charge in [0.25, 0.3) is 0 Å². The summed E-state index contributed by atoms with van der Waals surface area (Å²) in [6.45, 7) is 4.80. The fourth-order valence-electron chi connectivity index (χ4n) is 2.17. The van der Waals surface area contributed by atoms with Crippen molar-refractivity contribution in [3.8, 4) is 5.75 Å². The topological polar surface area (TPSA) is 58.6 Å². The lowest BCUT2D eigenvalue weighted by molar-refractivity contribution is 0.0698. The first-order valence-corrected chi connectivity index (χ1v) is 7.32. The summed E-state index contributed by atoms with van der Waals surface area (Å²) in [4.78, 5) is 11.1. The first-order chi connectivity index (χ1) is 10.5. The van der Waals surface area contributed by atoms with E-state index in [2.05, 4.69) is 5.32 Å². The number of benzene rings is 2. The van der Waals surface area contributed by atoms with Gasteiger partial charge in [0.05, 0.1) is 5.56 Å². The zero-order valence-electron chi connectivity index (χ0n) is 12.5. The van der Waals surface area contributed by atoms with Gasteiger partial charge in [-0.3, -0.25) is 0 Å². The lowest BCUT2D eigenvalue weighted by atomic mass is 10.1. The highest BCUT2D eigenvalue weighted by molar-refractivity contribution is 6.32. The molecule has 0 aliphatic heterocycles. The van der Waals surface area contributed by atoms with Gasteiger partial charge >= 0.3 is 5.97 Å². The molecular formula is C17H18ClNO3. The molecule has 0 radical (unpaired) electrons. The lowest BCUT2D eigenvalue weighted by Gasteiger charge is -2.12. The standard InChI is InChI=1S/C17H18ClNO3/c1-11-9-13(10-12(2)16(11)18)22-8-7-19-15-6-4-3-5-14(15)17(20)21/h3-6,9-10,19H,7-8H2,1-2H3,(H,20,21). The van der Waals surface area contributed by atoms with E-state index in [9.17, 15) is 4.79 Å². The van der Waals surface area contributed by atoms with Gasteiger partial charge in [0.15, 0.2) is 0 Å². The normalized spacial score (nSPS) is 10.3. The fraction of sp³-hybridized carbons (Fsp3) is 0.235. The molecule has 0 heterocycles. The Bertz CT molecular complexity index is 662. The number of carboxylic acids is 1. The Hall–Kier alpha value is -2.20. The zero-order valence-corrected chi connectivity index (χ0v) is 13.3. The smallest absolute Gasteiger partial charge is 0.337 e. The molecule has 0 saturated heterocycles. The number of carboxylic acid groups (broad SMARTS) is 1. The summed E-state index contributed by atoms with van der Waals surface area (Å²) >= 11 is 6.11. The van der Waals surface area contributed by atoms with Crippen LogP contribution in [0.3, 0.4) is 0 Å². The summed E-state index contributed by atoms with van der Waals surface area (Å²) < 4.78 is 5.68. The minimum absolute atomic E-state index is 0.251. The molecule has 0 saturated carbocycles. The molecule has 0 unspecified atom stereocenters. The number of aromatic carboxylic acids is 1. The Labute approximate surface area is 134 Å². The maximum absolute atomic E-state index is 11.1. The number of hydrogen-bond acceptors (Lipinski definition) is 3. The van der Waals surface area contributed by atoms with Gasteiger partial charge in [-0.1, -0.05) is 23.7 Å². The molecular weight excluding hydrogens is 302 g/mol. The average Bonchev–Trinajstić information content (AvgIpc) is 2.49. The molecule has 2 aromatic rings. The van der Waals surface area contributed by atoms with Crippen LogP contribution in [0.2, 0.25) is 5.02 Å². The summed E-state index contributed by atoms with van der Waals surface area (Å²) in [5, 5.41) is 12.9. The number of carbonyl (C=O) groups is 1. The first kappa shape index (κ1) is 16.2. The molecule has 22 heavy (non-hydrogen) atoms. The average molecular weight is 320 g/mol. The van der Waals surface area contributed by atoms with Gasteiger partial charge in [-0.05, 0) is 49.2 Å². The number of aryl methyl sites for hydroxylation is 2. The molecule has 2 N–H and O–H groups in total. The molecule has 0 amide bonds. The number of hydrogen-bond donors (Lipinski definition) is 2. The van der Waals surface area contributed by atoms with Crippen LogP contribution >= 0.6 is 11.6 Å². The minimum Gasteiger partial charge on any atom is -0.492 e. The molecule has 0 aliphatic carbocycles. The third-order valence-electron chi connectivity index (χ3n) is 3.25. The Balaban J connectivity index is 1.92. The second-order valence-corrected chi connectivity index (χ2v) is 5.37. The molecule has 0 fully saturated rings. The van der Waals surface area contributed by atoms with Crippen LogP contribution in [-0.4, -0.2) is 24.2 Å². The van der Waals surface area contributed by atoms with E-state index in [4.69, 9.17) is 21.4 Å². The molecule has 2 aromatic carbocycles. The molecule has 5 heteroatoms. The molecule has 0 aliphatic rings. The van der Waals surface area contributed by atoms with E-state index in [1.165, 1.54) is 0 Å². The van der Waals surface area contributed by atoms with Crippen molar-refractivity contribution in [3.63, 3.8) is 0 Å². The van der Waals surface area contributed by atoms with E-state index in [1.807, 2.05) is 26.0 Å². The van der Waals surface area contributed by atoms with Crippen molar-refractivity contribution < 1.29 is 14.6 Å². The zero-order chi connectivity index (χ0) is 16.1. The molecule has 0 atom stereocenters.